The van der Waals surface area contributed by atoms with E-state index in [1.54, 1.807) is 48.5 Å². The number of nitrogens with one attached hydrogen (secondary N) is 2. The fraction of sp³-hybridized carbons (Fsp3) is 0.107. The number of sulfonamides is 2. The van der Waals surface area contributed by atoms with Gasteiger partial charge in [0.1, 0.15) is 6.54 Å². The molecule has 0 saturated carbocycles. The van der Waals surface area contributed by atoms with Gasteiger partial charge in [0.15, 0.2) is 0 Å². The summed E-state index contributed by atoms with van der Waals surface area (Å²) in [5, 5.41) is 2.67. The SMILES string of the molecule is Cc1cccc(NS(=O)(=O)c2ccc(NC(=O)CN3c4ccc(C)cc4-c4ccccc4S3(=O)=O)cc2)c1. The molecule has 8 nitrogen and oxygen atoms in total. The molecular weight excluding hydrogens is 522 g/mol. The van der Waals surface area contributed by atoms with E-state index < -0.39 is 32.5 Å². The van der Waals surface area contributed by atoms with Crippen LogP contribution in [-0.2, 0) is 24.8 Å². The van der Waals surface area contributed by atoms with E-state index in [9.17, 15) is 21.6 Å². The first-order valence-corrected chi connectivity index (χ1v) is 14.7. The van der Waals surface area contributed by atoms with Crippen molar-refractivity contribution in [3.63, 3.8) is 0 Å². The molecule has 0 fully saturated rings. The lowest BCUT2D eigenvalue weighted by molar-refractivity contribution is -0.114. The first kappa shape index (κ1) is 25.5. The van der Waals surface area contributed by atoms with Crippen molar-refractivity contribution in [3.8, 4) is 11.1 Å². The lowest BCUT2D eigenvalue weighted by atomic mass is 10.0. The van der Waals surface area contributed by atoms with Gasteiger partial charge in [-0.25, -0.2) is 16.8 Å². The van der Waals surface area contributed by atoms with E-state index in [2.05, 4.69) is 10.0 Å². The van der Waals surface area contributed by atoms with Crippen molar-refractivity contribution in [3.05, 3.63) is 102 Å². The highest BCUT2D eigenvalue weighted by atomic mass is 32.2. The van der Waals surface area contributed by atoms with Crippen molar-refractivity contribution in [1.82, 2.24) is 0 Å². The Labute approximate surface area is 222 Å². The molecule has 0 saturated heterocycles. The molecule has 0 bridgehead atoms. The molecule has 5 rings (SSSR count). The number of carbonyl (C=O) groups excluding carboxylic acids is 1. The van der Waals surface area contributed by atoms with Crippen LogP contribution >= 0.6 is 0 Å². The average molecular weight is 548 g/mol. The minimum Gasteiger partial charge on any atom is -0.325 e. The maximum absolute atomic E-state index is 13.4. The van der Waals surface area contributed by atoms with Gasteiger partial charge in [0.2, 0.25) is 5.91 Å². The van der Waals surface area contributed by atoms with Gasteiger partial charge in [-0.3, -0.25) is 13.8 Å². The summed E-state index contributed by atoms with van der Waals surface area (Å²) in [7, 11) is -7.80. The summed E-state index contributed by atoms with van der Waals surface area (Å²) in [5.41, 5.74) is 4.42. The van der Waals surface area contributed by atoms with Gasteiger partial charge in [0.05, 0.1) is 15.5 Å². The third-order valence-corrected chi connectivity index (χ3v) is 9.39. The van der Waals surface area contributed by atoms with E-state index in [0.717, 1.165) is 21.0 Å². The Balaban J connectivity index is 1.35. The summed E-state index contributed by atoms with van der Waals surface area (Å²) in [5.74, 6) is -0.562. The predicted octanol–water partition coefficient (Wildman–Crippen LogP) is 4.92. The molecule has 0 aromatic heterocycles. The summed E-state index contributed by atoms with van der Waals surface area (Å²) in [4.78, 5) is 13.1. The van der Waals surface area contributed by atoms with Gasteiger partial charge in [0, 0.05) is 22.5 Å². The standard InChI is InChI=1S/C28H25N3O5S2/c1-19-6-5-7-22(16-19)30-37(33,34)23-13-11-21(12-14-23)29-28(32)18-31-26-15-10-20(2)17-25(26)24-8-3-4-9-27(24)38(31,35)36/h3-17,30H,18H2,1-2H3,(H,29,32). The molecule has 2 N–H and O–H groups in total. The summed E-state index contributed by atoms with van der Waals surface area (Å²) in [6, 6.07) is 24.8. The molecule has 0 radical (unpaired) electrons. The van der Waals surface area contributed by atoms with E-state index in [4.69, 9.17) is 0 Å². The van der Waals surface area contributed by atoms with Crippen LogP contribution in [0.5, 0.6) is 0 Å². The maximum atomic E-state index is 13.4. The van der Waals surface area contributed by atoms with Crippen LogP contribution in [0.2, 0.25) is 0 Å². The van der Waals surface area contributed by atoms with Crippen LogP contribution in [0.3, 0.4) is 0 Å². The number of rotatable bonds is 6. The Morgan fingerprint density at radius 1 is 0.789 bits per heavy atom. The molecule has 4 aromatic carbocycles. The highest BCUT2D eigenvalue weighted by Crippen LogP contribution is 2.43. The van der Waals surface area contributed by atoms with E-state index in [0.29, 0.717) is 22.6 Å². The molecular formula is C28H25N3O5S2. The summed E-state index contributed by atoms with van der Waals surface area (Å²) < 4.78 is 56.0. The number of benzene rings is 4. The van der Waals surface area contributed by atoms with Gasteiger partial charge in [-0.15, -0.1) is 0 Å². The Hall–Kier alpha value is -4.15. The van der Waals surface area contributed by atoms with E-state index in [1.165, 1.54) is 30.3 Å². The number of hydrogen-bond donors (Lipinski definition) is 2. The number of fused-ring (bicyclic) bond motifs is 3. The normalized spacial score (nSPS) is 13.8. The molecule has 10 heteroatoms. The summed E-state index contributed by atoms with van der Waals surface area (Å²) in [6.07, 6.45) is 0. The van der Waals surface area contributed by atoms with Gasteiger partial charge in [-0.05, 0) is 74.0 Å². The van der Waals surface area contributed by atoms with Crippen molar-refractivity contribution < 1.29 is 21.6 Å². The fourth-order valence-corrected chi connectivity index (χ4v) is 7.09. The number of anilines is 3. The predicted molar refractivity (Wildman–Crippen MR) is 148 cm³/mol. The lowest BCUT2D eigenvalue weighted by Crippen LogP contribution is -2.40. The van der Waals surface area contributed by atoms with Crippen LogP contribution in [0.15, 0.2) is 101 Å². The molecule has 1 aliphatic heterocycles. The minimum atomic E-state index is -3.97. The first-order chi connectivity index (χ1) is 18.0. The Kier molecular flexibility index (Phi) is 6.46. The quantitative estimate of drug-likeness (QED) is 0.356. The van der Waals surface area contributed by atoms with E-state index in [1.807, 2.05) is 26.0 Å². The van der Waals surface area contributed by atoms with Crippen LogP contribution in [0.25, 0.3) is 11.1 Å². The highest BCUT2D eigenvalue weighted by Gasteiger charge is 2.35. The average Bonchev–Trinajstić information content (AvgIpc) is 2.87. The number of aryl methyl sites for hydroxylation is 2. The number of amides is 1. The van der Waals surface area contributed by atoms with Crippen LogP contribution in [0, 0.1) is 13.8 Å². The zero-order chi connectivity index (χ0) is 27.1. The number of hydrogen-bond acceptors (Lipinski definition) is 5. The number of nitrogens with zero attached hydrogens (tertiary/aromatic N) is 1. The molecule has 0 atom stereocenters. The van der Waals surface area contributed by atoms with E-state index in [-0.39, 0.29) is 9.79 Å². The molecule has 1 heterocycles. The van der Waals surface area contributed by atoms with Crippen molar-refractivity contribution in [2.24, 2.45) is 0 Å². The second-order valence-corrected chi connectivity index (χ2v) is 12.6. The summed E-state index contributed by atoms with van der Waals surface area (Å²) >= 11 is 0. The Morgan fingerprint density at radius 2 is 1.50 bits per heavy atom. The van der Waals surface area contributed by atoms with Crippen molar-refractivity contribution in [2.75, 3.05) is 20.9 Å². The third kappa shape index (κ3) is 4.88. The van der Waals surface area contributed by atoms with Gasteiger partial charge in [-0.2, -0.15) is 0 Å². The second-order valence-electron chi connectivity index (χ2n) is 9.08. The molecule has 0 spiro atoms. The molecule has 1 aliphatic rings. The molecule has 1 amide bonds. The van der Waals surface area contributed by atoms with Crippen LogP contribution in [-0.4, -0.2) is 29.3 Å². The first-order valence-electron chi connectivity index (χ1n) is 11.8. The van der Waals surface area contributed by atoms with Crippen molar-refractivity contribution in [2.45, 2.75) is 23.6 Å². The van der Waals surface area contributed by atoms with Gasteiger partial charge in [-0.1, -0.05) is 42.0 Å². The largest absolute Gasteiger partial charge is 0.325 e. The monoisotopic (exact) mass is 547 g/mol. The molecule has 0 aliphatic carbocycles. The molecule has 4 aromatic rings. The smallest absolute Gasteiger partial charge is 0.265 e. The Morgan fingerprint density at radius 3 is 2.24 bits per heavy atom. The van der Waals surface area contributed by atoms with Crippen molar-refractivity contribution >= 4 is 43.0 Å². The lowest BCUT2D eigenvalue weighted by Gasteiger charge is -2.31. The highest BCUT2D eigenvalue weighted by molar-refractivity contribution is 7.93. The second kappa shape index (κ2) is 9.62. The van der Waals surface area contributed by atoms with Crippen molar-refractivity contribution in [1.29, 1.82) is 0 Å². The fourth-order valence-electron chi connectivity index (χ4n) is 4.39. The zero-order valence-electron chi connectivity index (χ0n) is 20.7. The van der Waals surface area contributed by atoms with Gasteiger partial charge >= 0.3 is 0 Å². The van der Waals surface area contributed by atoms with E-state index >= 15 is 0 Å². The van der Waals surface area contributed by atoms with Crippen LogP contribution in [0.1, 0.15) is 11.1 Å². The molecule has 0 unspecified atom stereocenters. The maximum Gasteiger partial charge on any atom is 0.265 e. The third-order valence-electron chi connectivity index (χ3n) is 6.17. The summed E-state index contributed by atoms with van der Waals surface area (Å²) in [6.45, 7) is 3.34. The minimum absolute atomic E-state index is 0.0246. The van der Waals surface area contributed by atoms with Crippen LogP contribution in [0.4, 0.5) is 17.1 Å². The van der Waals surface area contributed by atoms with Gasteiger partial charge in [0.25, 0.3) is 20.0 Å². The Bertz CT molecular complexity index is 1770. The molecule has 194 valence electrons. The zero-order valence-corrected chi connectivity index (χ0v) is 22.3. The molecule has 38 heavy (non-hydrogen) atoms. The number of carbonyl (C=O) groups is 1. The van der Waals surface area contributed by atoms with Gasteiger partial charge < -0.3 is 5.32 Å². The van der Waals surface area contributed by atoms with Crippen LogP contribution < -0.4 is 14.3 Å². The topological polar surface area (TPSA) is 113 Å².